The molecule has 23 heteroatoms. The van der Waals surface area contributed by atoms with Crippen molar-refractivity contribution in [2.24, 2.45) is 20.5 Å². The summed E-state index contributed by atoms with van der Waals surface area (Å²) in [6.07, 6.45) is -1.39. The van der Waals surface area contributed by atoms with Gasteiger partial charge in [0.1, 0.15) is 27.8 Å². The Balaban J connectivity index is 1.59. The van der Waals surface area contributed by atoms with Gasteiger partial charge in [0.2, 0.25) is 5.95 Å². The predicted molar refractivity (Wildman–Crippen MR) is 167 cm³/mol. The standard InChI is InChI=1S/C26H18F2N8O10S3/c27-21-11-22(32-26(28)31-21)30-13-3-8-20(49(42,43)44)18(9-13)34-36-24-19(47-46-45-38)10-16-15(25(24)37)6-7-17(29)23(16)35-33-12-1-4-14(5-2-12)48(39,40)41/h1-11,37-38H,29H2,(H,30,31,32)(H,39,40,41)(H,42,43,44)/b35-33+,36-34+. The molecule has 1 aromatic heterocycles. The van der Waals surface area contributed by atoms with E-state index in [1.165, 1.54) is 30.3 Å². The second-order valence-corrected chi connectivity index (χ2v) is 12.9. The number of aromatic nitrogens is 2. The predicted octanol–water partition coefficient (Wildman–Crippen LogP) is 6.69. The summed E-state index contributed by atoms with van der Waals surface area (Å²) in [6, 6.07) is 12.6. The summed E-state index contributed by atoms with van der Waals surface area (Å²) in [6.45, 7) is 0. The van der Waals surface area contributed by atoms with Crippen molar-refractivity contribution in [3.8, 4) is 5.75 Å². The number of hydrogen-bond donors (Lipinski definition) is 6. The molecule has 0 amide bonds. The van der Waals surface area contributed by atoms with Gasteiger partial charge in [0.05, 0.1) is 33.2 Å². The number of fused-ring (bicyclic) bond motifs is 1. The maximum Gasteiger partial charge on any atom is 0.313 e. The summed E-state index contributed by atoms with van der Waals surface area (Å²) in [4.78, 5) is 5.01. The lowest BCUT2D eigenvalue weighted by Crippen LogP contribution is -2.02. The van der Waals surface area contributed by atoms with Crippen LogP contribution in [0.4, 0.5) is 48.7 Å². The zero-order valence-electron chi connectivity index (χ0n) is 23.8. The second-order valence-electron chi connectivity index (χ2n) is 9.39. The van der Waals surface area contributed by atoms with E-state index in [0.29, 0.717) is 12.0 Å². The maximum atomic E-state index is 13.5. The molecule has 0 fully saturated rings. The van der Waals surface area contributed by atoms with Crippen LogP contribution < -0.4 is 11.1 Å². The van der Waals surface area contributed by atoms with Crippen molar-refractivity contribution in [2.75, 3.05) is 11.1 Å². The van der Waals surface area contributed by atoms with Crippen LogP contribution in [-0.4, -0.2) is 46.3 Å². The van der Waals surface area contributed by atoms with Crippen molar-refractivity contribution in [1.82, 2.24) is 9.97 Å². The molecule has 0 spiro atoms. The Morgan fingerprint density at radius 3 is 2.18 bits per heavy atom. The third-order valence-corrected chi connectivity index (χ3v) is 8.61. The first-order valence-electron chi connectivity index (χ1n) is 12.9. The van der Waals surface area contributed by atoms with Crippen LogP contribution in [-0.2, 0) is 29.6 Å². The van der Waals surface area contributed by atoms with Crippen molar-refractivity contribution in [3.05, 3.63) is 78.8 Å². The van der Waals surface area contributed by atoms with E-state index in [0.717, 1.165) is 36.4 Å². The van der Waals surface area contributed by atoms with Gasteiger partial charge in [-0.15, -0.1) is 19.7 Å². The highest BCUT2D eigenvalue weighted by atomic mass is 32.2. The molecule has 0 radical (unpaired) electrons. The van der Waals surface area contributed by atoms with Gasteiger partial charge in [0.25, 0.3) is 20.2 Å². The highest BCUT2D eigenvalue weighted by Gasteiger charge is 2.21. The van der Waals surface area contributed by atoms with Crippen LogP contribution in [0.25, 0.3) is 10.8 Å². The molecular weight excluding hydrogens is 719 g/mol. The molecule has 0 atom stereocenters. The topological polar surface area (TPSA) is 281 Å². The van der Waals surface area contributed by atoms with E-state index in [1.807, 2.05) is 0 Å². The first kappa shape index (κ1) is 35.0. The average molecular weight is 737 g/mol. The quantitative estimate of drug-likeness (QED) is 0.0120. The van der Waals surface area contributed by atoms with E-state index < -0.39 is 48.6 Å². The third kappa shape index (κ3) is 8.24. The lowest BCUT2D eigenvalue weighted by Gasteiger charge is -2.12. The van der Waals surface area contributed by atoms with Gasteiger partial charge < -0.3 is 16.2 Å². The Hall–Kier alpha value is -5.27. The van der Waals surface area contributed by atoms with Crippen LogP contribution in [0.1, 0.15) is 0 Å². The lowest BCUT2D eigenvalue weighted by molar-refractivity contribution is -0.432. The molecule has 5 aromatic rings. The molecule has 1 heterocycles. The Kier molecular flexibility index (Phi) is 10.1. The maximum absolute atomic E-state index is 13.5. The highest BCUT2D eigenvalue weighted by molar-refractivity contribution is 7.94. The van der Waals surface area contributed by atoms with Crippen molar-refractivity contribution in [2.45, 2.75) is 14.7 Å². The number of rotatable bonds is 11. The number of hydrogen-bond acceptors (Lipinski definition) is 17. The molecule has 7 N–H and O–H groups in total. The normalized spacial score (nSPS) is 12.3. The number of anilines is 3. The monoisotopic (exact) mass is 736 g/mol. The summed E-state index contributed by atoms with van der Waals surface area (Å²) in [5.74, 6) is -2.13. The molecule has 0 saturated carbocycles. The molecule has 5 rings (SSSR count). The fourth-order valence-corrected chi connectivity index (χ4v) is 5.70. The summed E-state index contributed by atoms with van der Waals surface area (Å²) in [5.41, 5.74) is 5.46. The first-order valence-corrected chi connectivity index (χ1v) is 16.5. The second kappa shape index (κ2) is 14.1. The first-order chi connectivity index (χ1) is 23.1. The van der Waals surface area contributed by atoms with Gasteiger partial charge in [-0.1, -0.05) is 5.04 Å². The van der Waals surface area contributed by atoms with Crippen LogP contribution in [0.5, 0.6) is 5.75 Å². The Labute approximate surface area is 277 Å². The Morgan fingerprint density at radius 2 is 1.53 bits per heavy atom. The van der Waals surface area contributed by atoms with E-state index in [-0.39, 0.29) is 54.8 Å². The minimum Gasteiger partial charge on any atom is -0.505 e. The molecule has 18 nitrogen and oxygen atoms in total. The van der Waals surface area contributed by atoms with Gasteiger partial charge >= 0.3 is 6.08 Å². The fourth-order valence-electron chi connectivity index (χ4n) is 4.13. The molecule has 0 aliphatic rings. The van der Waals surface area contributed by atoms with Gasteiger partial charge in [-0.2, -0.15) is 40.7 Å². The van der Waals surface area contributed by atoms with Gasteiger partial charge in [0, 0.05) is 22.5 Å². The van der Waals surface area contributed by atoms with Crippen LogP contribution in [0.2, 0.25) is 0 Å². The minimum atomic E-state index is -4.91. The number of nitrogen functional groups attached to an aromatic ring is 1. The molecule has 254 valence electrons. The Bertz CT molecular complexity index is 2350. The third-order valence-electron chi connectivity index (χ3n) is 6.23. The van der Waals surface area contributed by atoms with Gasteiger partial charge in [-0.25, -0.2) is 5.26 Å². The van der Waals surface area contributed by atoms with Crippen LogP contribution >= 0.6 is 12.0 Å². The number of nitrogens with two attached hydrogens (primary N) is 1. The number of phenols is 1. The Morgan fingerprint density at radius 1 is 0.816 bits per heavy atom. The molecule has 0 bridgehead atoms. The molecule has 0 aliphatic heterocycles. The number of phenolic OH excluding ortho intramolecular Hbond substituents is 1. The van der Waals surface area contributed by atoms with E-state index in [2.05, 4.69) is 45.1 Å². The number of benzene rings is 4. The smallest absolute Gasteiger partial charge is 0.313 e. The molecule has 0 aliphatic carbocycles. The number of aromatic hydroxyl groups is 1. The van der Waals surface area contributed by atoms with Crippen molar-refractivity contribution in [3.63, 3.8) is 0 Å². The molecule has 0 unspecified atom stereocenters. The van der Waals surface area contributed by atoms with Crippen molar-refractivity contribution in [1.29, 1.82) is 0 Å². The van der Waals surface area contributed by atoms with Gasteiger partial charge in [-0.3, -0.25) is 9.11 Å². The molecular formula is C26H18F2N8O10S3. The van der Waals surface area contributed by atoms with E-state index >= 15 is 0 Å². The van der Waals surface area contributed by atoms with E-state index in [9.17, 15) is 39.8 Å². The molecule has 49 heavy (non-hydrogen) atoms. The van der Waals surface area contributed by atoms with Crippen molar-refractivity contribution >= 4 is 83.0 Å². The van der Waals surface area contributed by atoms with Gasteiger partial charge in [0.15, 0.2) is 5.75 Å². The summed E-state index contributed by atoms with van der Waals surface area (Å²) >= 11 is 0.317. The lowest BCUT2D eigenvalue weighted by atomic mass is 10.1. The fraction of sp³-hybridized carbons (Fsp3) is 0. The summed E-state index contributed by atoms with van der Waals surface area (Å²) in [7, 11) is -9.36. The highest BCUT2D eigenvalue weighted by Crippen LogP contribution is 2.48. The van der Waals surface area contributed by atoms with Crippen LogP contribution in [0.15, 0.2) is 102 Å². The largest absolute Gasteiger partial charge is 0.505 e. The number of nitrogens with zero attached hydrogens (tertiary/aromatic N) is 6. The number of azo groups is 2. The zero-order chi connectivity index (χ0) is 35.5. The zero-order valence-corrected chi connectivity index (χ0v) is 26.3. The van der Waals surface area contributed by atoms with E-state index in [1.54, 1.807) is 0 Å². The number of nitrogens with one attached hydrogen (secondary N) is 1. The minimum absolute atomic E-state index is 0.00643. The summed E-state index contributed by atoms with van der Waals surface area (Å²) in [5, 5.41) is 42.4. The molecule has 4 aromatic carbocycles. The SMILES string of the molecule is Nc1ccc2c(O)c(/N=N/c3cc(Nc4cc(F)nc(F)n4)ccc3S(=O)(=O)O)c(SOOO)cc2c1/N=N/c1ccc(S(=O)(=O)O)cc1. The average Bonchev–Trinajstić information content (AvgIpc) is 3.01. The number of halogens is 2. The van der Waals surface area contributed by atoms with Crippen molar-refractivity contribution < 1.29 is 54.5 Å². The van der Waals surface area contributed by atoms with Gasteiger partial charge in [-0.05, 0) is 60.7 Å². The summed E-state index contributed by atoms with van der Waals surface area (Å²) < 4.78 is 97.3. The van der Waals surface area contributed by atoms with Crippen LogP contribution in [0, 0.1) is 12.0 Å². The van der Waals surface area contributed by atoms with Crippen LogP contribution in [0.3, 0.4) is 0 Å². The van der Waals surface area contributed by atoms with E-state index in [4.69, 9.17) is 11.0 Å². The molecule has 0 saturated heterocycles.